The van der Waals surface area contributed by atoms with Crippen molar-refractivity contribution in [2.75, 3.05) is 12.3 Å². The van der Waals surface area contributed by atoms with Crippen LogP contribution in [0.2, 0.25) is 0 Å². The molecule has 2 heterocycles. The number of phosphoric ester groups is 1. The van der Waals surface area contributed by atoms with Crippen LogP contribution in [0.5, 0.6) is 0 Å². The van der Waals surface area contributed by atoms with Gasteiger partial charge in [0, 0.05) is 12.6 Å². The molecule has 1 aliphatic heterocycles. The average Bonchev–Trinajstić information content (AvgIpc) is 2.82. The average molecular weight is 488 g/mol. The second kappa shape index (κ2) is 11.4. The minimum Gasteiger partial charge on any atom is -0.756 e. The van der Waals surface area contributed by atoms with Crippen LogP contribution in [0.25, 0.3) is 0 Å². The first-order valence-corrected chi connectivity index (χ1v) is 11.6. The topological polar surface area (TPSA) is 256 Å². The summed E-state index contributed by atoms with van der Waals surface area (Å²) < 4.78 is 50.4. The van der Waals surface area contributed by atoms with Crippen molar-refractivity contribution < 1.29 is 94.0 Å². The van der Waals surface area contributed by atoms with Gasteiger partial charge < -0.3 is 35.2 Å². The van der Waals surface area contributed by atoms with Crippen molar-refractivity contribution in [3.63, 3.8) is 0 Å². The number of phosphoric acid groups is 3. The van der Waals surface area contributed by atoms with Crippen molar-refractivity contribution in [3.05, 3.63) is 22.7 Å². The Balaban J connectivity index is 0.00000420. The minimum absolute atomic E-state index is 0. The SMILES string of the molecule is N[13c]1[13cH][13cH]n([13C@H]2[13CH2][13CH](O)[13C@@H]([13CH2]OP(=O)(O)OP(=O)([O-])OP(=O)([O-])O)O2)[13c](=O)n1.[Li+].[Li+]. The number of ether oxygens (including phenoxy) is 1. The molecule has 6 atom stereocenters. The van der Waals surface area contributed by atoms with Gasteiger partial charge in [-0.05, 0) is 6.07 Å². The van der Waals surface area contributed by atoms with Crippen LogP contribution in [0, 0.1) is 0 Å². The fourth-order valence-electron chi connectivity index (χ4n) is 2.14. The maximum atomic E-state index is 11.8. The van der Waals surface area contributed by atoms with Crippen molar-refractivity contribution in [1.29, 1.82) is 0 Å². The number of nitrogen functional groups attached to an aromatic ring is 1. The van der Waals surface area contributed by atoms with Gasteiger partial charge in [-0.15, -0.1) is 0 Å². The zero-order valence-corrected chi connectivity index (χ0v) is 18.2. The summed E-state index contributed by atoms with van der Waals surface area (Å²) in [6.07, 6.45) is -2.54. The summed E-state index contributed by atoms with van der Waals surface area (Å²) in [4.78, 5) is 54.3. The Kier molecular flexibility index (Phi) is 11.4. The van der Waals surface area contributed by atoms with Gasteiger partial charge in [0.1, 0.15) is 18.1 Å². The molecule has 1 fully saturated rings. The molecular weight excluding hydrogens is 474 g/mol. The van der Waals surface area contributed by atoms with Gasteiger partial charge in [-0.3, -0.25) is 18.2 Å². The molecule has 0 aliphatic carbocycles. The largest absolute Gasteiger partial charge is 1.00 e. The number of aromatic nitrogens is 2. The Morgan fingerprint density at radius 3 is 2.40 bits per heavy atom. The molecule has 4 unspecified atom stereocenters. The standard InChI is InChI=1S/C9H16N3O13P3.2Li/c10-7-1-2-12(9(14)11-7)8-3-5(13)6(23-8)4-22-27(18,19)25-28(20,21)24-26(15,16)17;;/h1-2,5-6,8,13H,3-4H2,(H,18,19)(H,20,21)(H2,10,11,14)(H2,15,16,17);;/q;2*+1/p-2/t5?,6-,8-;;/m1../s1/i1+1,2+1,3+1,4+1,5+1,6+1,7+1,8+1,9+1;;. The van der Waals surface area contributed by atoms with Crippen molar-refractivity contribution in [3.8, 4) is 0 Å². The molecule has 0 bridgehead atoms. The fourth-order valence-corrected chi connectivity index (χ4v) is 5.07. The number of hydrogen-bond acceptors (Lipinski definition) is 13. The Morgan fingerprint density at radius 2 is 1.87 bits per heavy atom. The fraction of sp³-hybridized carbons (Fsp3) is 0.556. The van der Waals surface area contributed by atoms with E-state index in [1.807, 2.05) is 0 Å². The van der Waals surface area contributed by atoms with Gasteiger partial charge in [-0.25, -0.2) is 18.0 Å². The van der Waals surface area contributed by atoms with Gasteiger partial charge in [-0.1, -0.05) is 0 Å². The summed E-state index contributed by atoms with van der Waals surface area (Å²) in [5.41, 5.74) is 4.56. The predicted octanol–water partition coefficient (Wildman–Crippen LogP) is -8.44. The van der Waals surface area contributed by atoms with E-state index in [9.17, 15) is 38.3 Å². The van der Waals surface area contributed by atoms with E-state index in [1.54, 1.807) is 0 Å². The van der Waals surface area contributed by atoms with E-state index >= 15 is 0 Å². The smallest absolute Gasteiger partial charge is 0.756 e. The molecule has 1 saturated heterocycles. The number of rotatable bonds is 8. The Bertz CT molecular complexity index is 925. The van der Waals surface area contributed by atoms with Gasteiger partial charge >= 0.3 is 51.2 Å². The third-order valence-electron chi connectivity index (χ3n) is 3.17. The number of nitrogens with two attached hydrogens (primary N) is 1. The molecule has 5 N–H and O–H groups in total. The van der Waals surface area contributed by atoms with Crippen molar-refractivity contribution in [2.24, 2.45) is 0 Å². The molecule has 1 aromatic rings. The van der Waals surface area contributed by atoms with Crippen LogP contribution in [0.1, 0.15) is 12.6 Å². The van der Waals surface area contributed by atoms with E-state index < -0.39 is 54.2 Å². The summed E-state index contributed by atoms with van der Waals surface area (Å²) >= 11 is 0. The summed E-state index contributed by atoms with van der Waals surface area (Å²) in [6, 6.07) is 1.29. The second-order valence-corrected chi connectivity index (χ2v) is 9.65. The molecule has 0 spiro atoms. The monoisotopic (exact) mass is 488 g/mol. The van der Waals surface area contributed by atoms with E-state index in [0.29, 0.717) is 0 Å². The molecule has 21 heteroatoms. The third kappa shape index (κ3) is 9.37. The zero-order valence-electron chi connectivity index (χ0n) is 15.5. The van der Waals surface area contributed by atoms with Gasteiger partial charge in [0.05, 0.1) is 12.7 Å². The Labute approximate surface area is 192 Å². The van der Waals surface area contributed by atoms with Gasteiger partial charge in [0.15, 0.2) is 0 Å². The van der Waals surface area contributed by atoms with Crippen molar-refractivity contribution in [1.82, 2.24) is 9.55 Å². The second-order valence-electron chi connectivity index (χ2n) is 5.32. The van der Waals surface area contributed by atoms with Crippen LogP contribution in [0.15, 0.2) is 17.1 Å². The molecule has 1 aliphatic rings. The first kappa shape index (κ1) is 30.2. The molecule has 0 amide bonds. The third-order valence-corrected chi connectivity index (χ3v) is 6.90. The van der Waals surface area contributed by atoms with E-state index in [-0.39, 0.29) is 50.0 Å². The Hall–Kier alpha value is 0.205. The summed E-state index contributed by atoms with van der Waals surface area (Å²) in [7, 11) is -17.2. The number of aliphatic hydroxyl groups excluding tert-OH is 1. The molecule has 2 rings (SSSR count). The normalized spacial score (nSPS) is 27.0. The van der Waals surface area contributed by atoms with Crippen molar-refractivity contribution >= 4 is 29.3 Å². The molecule has 0 saturated carbocycles. The van der Waals surface area contributed by atoms with E-state index in [0.717, 1.165) is 4.57 Å². The Morgan fingerprint density at radius 1 is 1.27 bits per heavy atom. The van der Waals surface area contributed by atoms with Gasteiger partial charge in [0.25, 0.3) is 15.6 Å². The molecule has 160 valence electrons. The zero-order chi connectivity index (χ0) is 21.3. The van der Waals surface area contributed by atoms with Crippen LogP contribution in [-0.4, -0.2) is 43.3 Å². The van der Waals surface area contributed by atoms with Crippen LogP contribution in [0.3, 0.4) is 0 Å². The van der Waals surface area contributed by atoms with Crippen LogP contribution < -0.4 is 58.9 Å². The minimum atomic E-state index is -5.97. The maximum Gasteiger partial charge on any atom is 1.00 e. The van der Waals surface area contributed by atoms with Crippen LogP contribution >= 0.6 is 23.5 Å². The molecule has 0 aromatic carbocycles. The first-order valence-electron chi connectivity index (χ1n) is 7.10. The predicted molar refractivity (Wildman–Crippen MR) is 82.8 cm³/mol. The molecule has 16 nitrogen and oxygen atoms in total. The number of nitrogens with zero attached hydrogens (tertiary/aromatic N) is 2. The van der Waals surface area contributed by atoms with E-state index in [2.05, 4.69) is 18.1 Å². The molecule has 0 radical (unpaired) electrons. The van der Waals surface area contributed by atoms with E-state index in [1.165, 1.54) is 12.3 Å². The summed E-state index contributed by atoms with van der Waals surface area (Å²) in [6.45, 7) is -0.892. The first-order chi connectivity index (χ1) is 12.7. The van der Waals surface area contributed by atoms with E-state index in [4.69, 9.17) is 15.4 Å². The van der Waals surface area contributed by atoms with Gasteiger partial charge in [-0.2, -0.15) is 4.98 Å². The molecule has 30 heavy (non-hydrogen) atoms. The number of aliphatic hydroxyl groups is 1. The summed E-state index contributed by atoms with van der Waals surface area (Å²) in [5.74, 6) is -0.0483. The molecule has 1 aromatic heterocycles. The van der Waals surface area contributed by atoms with Gasteiger partial charge in [0.2, 0.25) is 0 Å². The van der Waals surface area contributed by atoms with Crippen LogP contribution in [0.4, 0.5) is 5.82 Å². The quantitative estimate of drug-likeness (QED) is 0.151. The van der Waals surface area contributed by atoms with Crippen LogP contribution in [-0.2, 0) is 31.6 Å². The number of anilines is 1. The van der Waals surface area contributed by atoms with Crippen molar-refractivity contribution in [2.45, 2.75) is 24.9 Å². The number of hydrogen-bond donors (Lipinski definition) is 4. The summed E-state index contributed by atoms with van der Waals surface area (Å²) in [5, 5.41) is 9.92. The molecular formula is C9H14Li2N3O13P3. The maximum absolute atomic E-state index is 11.8.